The fraction of sp³-hybridized carbons (Fsp3) is 0.600. The van der Waals surface area contributed by atoms with E-state index < -0.39 is 4.92 Å². The van der Waals surface area contributed by atoms with Gasteiger partial charge in [0.05, 0.1) is 4.92 Å². The largest absolute Gasteiger partial charge is 0.354 e. The minimum Gasteiger partial charge on any atom is -0.354 e. The molecule has 2 saturated heterocycles. The van der Waals surface area contributed by atoms with E-state index in [1.165, 1.54) is 12.4 Å². The summed E-state index contributed by atoms with van der Waals surface area (Å²) in [5, 5.41) is 11.2. The average molecular weight is 319 g/mol. The van der Waals surface area contributed by atoms with E-state index in [-0.39, 0.29) is 17.6 Å². The predicted molar refractivity (Wildman–Crippen MR) is 85.3 cm³/mol. The third-order valence-electron chi connectivity index (χ3n) is 4.64. The summed E-state index contributed by atoms with van der Waals surface area (Å²) >= 11 is 0. The molecule has 0 aliphatic carbocycles. The Bertz CT molecular complexity index is 601. The molecule has 0 unspecified atom stereocenters. The molecule has 0 saturated carbocycles. The summed E-state index contributed by atoms with van der Waals surface area (Å²) < 4.78 is 0. The number of hydrogen-bond donors (Lipinski definition) is 0. The maximum Gasteiger partial charge on any atom is 0.310 e. The van der Waals surface area contributed by atoms with Gasteiger partial charge in [0.25, 0.3) is 0 Å². The van der Waals surface area contributed by atoms with Crippen LogP contribution in [0.3, 0.4) is 0 Å². The van der Waals surface area contributed by atoms with Gasteiger partial charge in [0, 0.05) is 38.9 Å². The monoisotopic (exact) mass is 319 g/mol. The Morgan fingerprint density at radius 2 is 2.04 bits per heavy atom. The summed E-state index contributed by atoms with van der Waals surface area (Å²) in [5.41, 5.74) is 0.459. The van der Waals surface area contributed by atoms with Crippen LogP contribution < -0.4 is 4.90 Å². The van der Waals surface area contributed by atoms with Crippen LogP contribution in [-0.2, 0) is 4.79 Å². The highest BCUT2D eigenvalue weighted by Crippen LogP contribution is 2.33. The van der Waals surface area contributed by atoms with Crippen LogP contribution >= 0.6 is 0 Å². The number of rotatable bonds is 3. The molecule has 8 nitrogen and oxygen atoms in total. The van der Waals surface area contributed by atoms with Gasteiger partial charge >= 0.3 is 5.69 Å². The summed E-state index contributed by atoms with van der Waals surface area (Å²) in [6.07, 6.45) is 4.40. The van der Waals surface area contributed by atoms with Crippen LogP contribution in [-0.4, -0.2) is 71.4 Å². The number of aromatic nitrogens is 1. The molecule has 23 heavy (non-hydrogen) atoms. The molecule has 1 atom stereocenters. The van der Waals surface area contributed by atoms with Crippen molar-refractivity contribution in [3.05, 3.63) is 28.6 Å². The van der Waals surface area contributed by atoms with Crippen molar-refractivity contribution in [1.29, 1.82) is 0 Å². The molecule has 2 aliphatic heterocycles. The van der Waals surface area contributed by atoms with Gasteiger partial charge in [0.1, 0.15) is 17.9 Å². The number of nitrogens with zero attached hydrogens (tertiary/aromatic N) is 5. The van der Waals surface area contributed by atoms with Crippen molar-refractivity contribution in [1.82, 2.24) is 14.8 Å². The summed E-state index contributed by atoms with van der Waals surface area (Å²) in [6.45, 7) is 3.84. The summed E-state index contributed by atoms with van der Waals surface area (Å²) in [7, 11) is 2.05. The molecular weight excluding hydrogens is 298 g/mol. The normalized spacial score (nSPS) is 22.4. The standard InChI is InChI=1S/C15H21N5O3/c1-17-7-9-18(10-8-17)15(21)13-3-2-6-19(13)12-4-5-16-11-14(12)20(22)23/h4-5,11,13H,2-3,6-10H2,1H3/t13-/m1/s1. The molecule has 2 fully saturated rings. The van der Waals surface area contributed by atoms with E-state index in [0.717, 1.165) is 39.0 Å². The van der Waals surface area contributed by atoms with E-state index in [1.54, 1.807) is 6.07 Å². The average Bonchev–Trinajstić information content (AvgIpc) is 3.04. The smallest absolute Gasteiger partial charge is 0.310 e. The zero-order valence-electron chi connectivity index (χ0n) is 13.2. The molecule has 0 N–H and O–H groups in total. The topological polar surface area (TPSA) is 82.8 Å². The van der Waals surface area contributed by atoms with Crippen LogP contribution in [0.25, 0.3) is 0 Å². The van der Waals surface area contributed by atoms with Crippen LogP contribution in [0, 0.1) is 10.1 Å². The molecule has 3 rings (SSSR count). The van der Waals surface area contributed by atoms with Gasteiger partial charge in [-0.15, -0.1) is 0 Å². The van der Waals surface area contributed by atoms with Crippen molar-refractivity contribution in [2.24, 2.45) is 0 Å². The molecule has 1 aromatic heterocycles. The fourth-order valence-corrected chi connectivity index (χ4v) is 3.31. The van der Waals surface area contributed by atoms with Gasteiger partial charge in [-0.05, 0) is 26.0 Å². The van der Waals surface area contributed by atoms with E-state index in [1.807, 2.05) is 16.8 Å². The Balaban J connectivity index is 1.81. The Morgan fingerprint density at radius 1 is 1.30 bits per heavy atom. The summed E-state index contributed by atoms with van der Waals surface area (Å²) in [4.78, 5) is 33.4. The number of carbonyl (C=O) groups is 1. The molecule has 2 aliphatic rings. The van der Waals surface area contributed by atoms with E-state index in [2.05, 4.69) is 9.88 Å². The molecule has 3 heterocycles. The Labute approximate surface area is 134 Å². The van der Waals surface area contributed by atoms with Crippen LogP contribution in [0.4, 0.5) is 11.4 Å². The van der Waals surface area contributed by atoms with E-state index in [4.69, 9.17) is 0 Å². The number of hydrogen-bond acceptors (Lipinski definition) is 6. The second-order valence-electron chi connectivity index (χ2n) is 6.10. The number of piperazine rings is 1. The van der Waals surface area contributed by atoms with Crippen LogP contribution in [0.15, 0.2) is 18.5 Å². The lowest BCUT2D eigenvalue weighted by Crippen LogP contribution is -2.53. The van der Waals surface area contributed by atoms with Crippen LogP contribution in [0.1, 0.15) is 12.8 Å². The first-order chi connectivity index (χ1) is 11.1. The fourth-order valence-electron chi connectivity index (χ4n) is 3.31. The van der Waals surface area contributed by atoms with E-state index in [9.17, 15) is 14.9 Å². The molecular formula is C15H21N5O3. The Kier molecular flexibility index (Phi) is 4.42. The minimum atomic E-state index is -0.432. The molecule has 0 bridgehead atoms. The number of likely N-dealkylation sites (N-methyl/N-ethyl adjacent to an activating group) is 1. The molecule has 8 heteroatoms. The van der Waals surface area contributed by atoms with E-state index >= 15 is 0 Å². The van der Waals surface area contributed by atoms with Gasteiger partial charge in [-0.2, -0.15) is 0 Å². The van der Waals surface area contributed by atoms with Crippen LogP contribution in [0.2, 0.25) is 0 Å². The number of amides is 1. The van der Waals surface area contributed by atoms with Crippen molar-refractivity contribution in [2.45, 2.75) is 18.9 Å². The van der Waals surface area contributed by atoms with Gasteiger partial charge in [0.15, 0.2) is 0 Å². The van der Waals surface area contributed by atoms with Gasteiger partial charge in [-0.1, -0.05) is 0 Å². The molecule has 124 valence electrons. The lowest BCUT2D eigenvalue weighted by molar-refractivity contribution is -0.384. The van der Waals surface area contributed by atoms with Crippen molar-refractivity contribution >= 4 is 17.3 Å². The quantitative estimate of drug-likeness (QED) is 0.603. The van der Waals surface area contributed by atoms with Crippen molar-refractivity contribution in [3.63, 3.8) is 0 Å². The lowest BCUT2D eigenvalue weighted by atomic mass is 10.1. The Hall–Kier alpha value is -2.22. The first-order valence-electron chi connectivity index (χ1n) is 7.90. The SMILES string of the molecule is CN1CCN(C(=O)[C@H]2CCCN2c2ccncc2[N+](=O)[O-])CC1. The van der Waals surface area contributed by atoms with Crippen LogP contribution in [0.5, 0.6) is 0 Å². The molecule has 0 radical (unpaired) electrons. The van der Waals surface area contributed by atoms with Gasteiger partial charge in [-0.25, -0.2) is 0 Å². The van der Waals surface area contributed by atoms with Crippen molar-refractivity contribution in [3.8, 4) is 0 Å². The molecule has 1 aromatic rings. The molecule has 0 spiro atoms. The minimum absolute atomic E-state index is 0.0365. The van der Waals surface area contributed by atoms with Gasteiger partial charge in [-0.3, -0.25) is 19.9 Å². The molecule has 1 amide bonds. The van der Waals surface area contributed by atoms with E-state index in [0.29, 0.717) is 12.2 Å². The number of carbonyl (C=O) groups excluding carboxylic acids is 1. The highest BCUT2D eigenvalue weighted by Gasteiger charge is 2.37. The van der Waals surface area contributed by atoms with Crippen molar-refractivity contribution in [2.75, 3.05) is 44.7 Å². The first kappa shape index (κ1) is 15.7. The maximum absolute atomic E-state index is 12.9. The maximum atomic E-state index is 12.9. The third kappa shape index (κ3) is 3.12. The van der Waals surface area contributed by atoms with Gasteiger partial charge in [0.2, 0.25) is 5.91 Å². The summed E-state index contributed by atoms with van der Waals surface area (Å²) in [5.74, 6) is 0.0849. The number of anilines is 1. The number of pyridine rings is 1. The second-order valence-corrected chi connectivity index (χ2v) is 6.10. The first-order valence-corrected chi connectivity index (χ1v) is 7.90. The number of nitro groups is 1. The second kappa shape index (κ2) is 6.49. The zero-order chi connectivity index (χ0) is 16.4. The Morgan fingerprint density at radius 3 is 2.74 bits per heavy atom. The highest BCUT2D eigenvalue weighted by atomic mass is 16.6. The molecule has 0 aromatic carbocycles. The zero-order valence-corrected chi connectivity index (χ0v) is 13.2. The lowest BCUT2D eigenvalue weighted by Gasteiger charge is -2.36. The third-order valence-corrected chi connectivity index (χ3v) is 4.64. The van der Waals surface area contributed by atoms with Crippen molar-refractivity contribution < 1.29 is 9.72 Å². The van der Waals surface area contributed by atoms with Gasteiger partial charge < -0.3 is 14.7 Å². The predicted octanol–water partition coefficient (Wildman–Crippen LogP) is 0.733. The highest BCUT2D eigenvalue weighted by molar-refractivity contribution is 5.87. The summed E-state index contributed by atoms with van der Waals surface area (Å²) in [6, 6.07) is 1.33.